The van der Waals surface area contributed by atoms with Crippen LogP contribution in [0.25, 0.3) is 28.5 Å². The van der Waals surface area contributed by atoms with Gasteiger partial charge in [-0.3, -0.25) is 4.90 Å². The van der Waals surface area contributed by atoms with Crippen LogP contribution in [0.4, 0.5) is 20.4 Å². The molecule has 8 nitrogen and oxygen atoms in total. The van der Waals surface area contributed by atoms with Gasteiger partial charge in [0.05, 0.1) is 17.6 Å². The van der Waals surface area contributed by atoms with Crippen molar-refractivity contribution < 1.29 is 13.2 Å². The highest BCUT2D eigenvalue weighted by Crippen LogP contribution is 2.29. The van der Waals surface area contributed by atoms with Gasteiger partial charge in [0.2, 0.25) is 11.8 Å². The van der Waals surface area contributed by atoms with Gasteiger partial charge in [-0.05, 0) is 42.8 Å². The molecule has 5 aromatic rings. The number of hydrogen-bond acceptors (Lipinski definition) is 7. The van der Waals surface area contributed by atoms with Crippen LogP contribution < -0.4 is 10.6 Å². The second-order valence-electron chi connectivity index (χ2n) is 9.10. The maximum atomic E-state index is 14.2. The summed E-state index contributed by atoms with van der Waals surface area (Å²) in [6.07, 6.45) is 1.57. The van der Waals surface area contributed by atoms with Gasteiger partial charge in [-0.15, -0.1) is 5.10 Å². The fourth-order valence-corrected chi connectivity index (χ4v) is 4.83. The van der Waals surface area contributed by atoms with Gasteiger partial charge in [0, 0.05) is 49.9 Å². The standard InChI is InChI=1S/C27H25F2N7O/c1-17(34-9-11-35(12-10-34)23-8-7-20(28)15-21(23)29)18-4-2-5-19(14-18)22-16-25-32-26(24-6-3-13-37-24)33-36(25)27(30)31-22/h2-8,13-17H,9-12H2,1H3,(H2,30,31). The zero-order chi connectivity index (χ0) is 25.5. The number of furan rings is 1. The molecule has 3 aromatic heterocycles. The summed E-state index contributed by atoms with van der Waals surface area (Å²) in [5.74, 6) is 0.147. The number of aromatic nitrogens is 4. The number of piperazine rings is 1. The summed E-state index contributed by atoms with van der Waals surface area (Å²) in [7, 11) is 0. The molecule has 0 spiro atoms. The van der Waals surface area contributed by atoms with Crippen LogP contribution in [-0.2, 0) is 0 Å². The number of nitrogens with zero attached hydrogens (tertiary/aromatic N) is 6. The molecule has 2 aromatic carbocycles. The van der Waals surface area contributed by atoms with Crippen LogP contribution in [0.3, 0.4) is 0 Å². The van der Waals surface area contributed by atoms with Gasteiger partial charge >= 0.3 is 0 Å². The van der Waals surface area contributed by atoms with Gasteiger partial charge in [0.25, 0.3) is 0 Å². The molecule has 37 heavy (non-hydrogen) atoms. The smallest absolute Gasteiger partial charge is 0.223 e. The Labute approximate surface area is 212 Å². The Morgan fingerprint density at radius 2 is 1.78 bits per heavy atom. The molecule has 0 saturated carbocycles. The van der Waals surface area contributed by atoms with Crippen LogP contribution >= 0.6 is 0 Å². The highest BCUT2D eigenvalue weighted by molar-refractivity contribution is 5.67. The first kappa shape index (κ1) is 23.1. The SMILES string of the molecule is CC(c1cccc(-c2cc3nc(-c4ccco4)nn3c(N)n2)c1)N1CCN(c2ccc(F)cc2F)CC1. The zero-order valence-corrected chi connectivity index (χ0v) is 20.2. The predicted octanol–water partition coefficient (Wildman–Crippen LogP) is 4.79. The second-order valence-corrected chi connectivity index (χ2v) is 9.10. The molecule has 0 aliphatic carbocycles. The number of nitrogen functional groups attached to an aromatic ring is 1. The predicted molar refractivity (Wildman–Crippen MR) is 137 cm³/mol. The Morgan fingerprint density at radius 1 is 0.946 bits per heavy atom. The quantitative estimate of drug-likeness (QED) is 0.370. The molecular weight excluding hydrogens is 476 g/mol. The number of nitrogens with two attached hydrogens (primary N) is 1. The third-order valence-electron chi connectivity index (χ3n) is 6.87. The zero-order valence-electron chi connectivity index (χ0n) is 20.2. The molecule has 1 unspecified atom stereocenters. The molecule has 1 saturated heterocycles. The third kappa shape index (κ3) is 4.40. The summed E-state index contributed by atoms with van der Waals surface area (Å²) >= 11 is 0. The minimum absolute atomic E-state index is 0.139. The van der Waals surface area contributed by atoms with Crippen molar-refractivity contribution in [2.24, 2.45) is 0 Å². The van der Waals surface area contributed by atoms with E-state index >= 15 is 0 Å². The van der Waals surface area contributed by atoms with Crippen LogP contribution in [0.15, 0.2) is 71.3 Å². The highest BCUT2D eigenvalue weighted by Gasteiger charge is 2.24. The van der Waals surface area contributed by atoms with Gasteiger partial charge < -0.3 is 15.1 Å². The van der Waals surface area contributed by atoms with Crippen molar-refractivity contribution in [2.75, 3.05) is 36.8 Å². The van der Waals surface area contributed by atoms with E-state index in [2.05, 4.69) is 39.0 Å². The molecule has 6 rings (SSSR count). The van der Waals surface area contributed by atoms with E-state index in [1.165, 1.54) is 16.6 Å². The normalized spacial score (nSPS) is 15.4. The van der Waals surface area contributed by atoms with Gasteiger partial charge in [0.1, 0.15) is 11.6 Å². The van der Waals surface area contributed by atoms with Crippen LogP contribution in [0.5, 0.6) is 0 Å². The average molecular weight is 502 g/mol. The first-order valence-corrected chi connectivity index (χ1v) is 12.1. The minimum atomic E-state index is -0.564. The summed E-state index contributed by atoms with van der Waals surface area (Å²) in [6, 6.07) is 17.5. The maximum absolute atomic E-state index is 14.2. The molecule has 2 N–H and O–H groups in total. The number of hydrogen-bond donors (Lipinski definition) is 1. The van der Waals surface area contributed by atoms with E-state index in [0.29, 0.717) is 41.7 Å². The van der Waals surface area contributed by atoms with Crippen LogP contribution in [0, 0.1) is 11.6 Å². The van der Waals surface area contributed by atoms with E-state index in [4.69, 9.17) is 10.2 Å². The molecule has 1 fully saturated rings. The van der Waals surface area contributed by atoms with Crippen molar-refractivity contribution in [3.05, 3.63) is 84.1 Å². The molecule has 1 atom stereocenters. The monoisotopic (exact) mass is 501 g/mol. The lowest BCUT2D eigenvalue weighted by Gasteiger charge is -2.39. The van der Waals surface area contributed by atoms with Crippen molar-refractivity contribution >= 4 is 17.3 Å². The van der Waals surface area contributed by atoms with Crippen LogP contribution in [0.1, 0.15) is 18.5 Å². The van der Waals surface area contributed by atoms with Crippen molar-refractivity contribution in [3.8, 4) is 22.8 Å². The van der Waals surface area contributed by atoms with E-state index < -0.39 is 11.6 Å². The lowest BCUT2D eigenvalue weighted by Crippen LogP contribution is -2.47. The average Bonchev–Trinajstić information content (AvgIpc) is 3.59. The first-order chi connectivity index (χ1) is 18.0. The summed E-state index contributed by atoms with van der Waals surface area (Å²) < 4.78 is 34.4. The second kappa shape index (κ2) is 9.29. The van der Waals surface area contributed by atoms with E-state index in [0.717, 1.165) is 30.3 Å². The van der Waals surface area contributed by atoms with E-state index in [-0.39, 0.29) is 12.0 Å². The summed E-state index contributed by atoms with van der Waals surface area (Å²) in [6.45, 7) is 4.99. The Morgan fingerprint density at radius 3 is 2.54 bits per heavy atom. The molecular formula is C27H25F2N7O. The summed E-state index contributed by atoms with van der Waals surface area (Å²) in [5.41, 5.74) is 10.0. The van der Waals surface area contributed by atoms with Crippen molar-refractivity contribution in [3.63, 3.8) is 0 Å². The number of benzene rings is 2. The van der Waals surface area contributed by atoms with Gasteiger partial charge in [0.15, 0.2) is 11.4 Å². The van der Waals surface area contributed by atoms with Gasteiger partial charge in [-0.25, -0.2) is 18.7 Å². The van der Waals surface area contributed by atoms with E-state index in [1.54, 1.807) is 18.4 Å². The largest absolute Gasteiger partial charge is 0.461 e. The topological polar surface area (TPSA) is 88.7 Å². The fraction of sp³-hybridized carbons (Fsp3) is 0.222. The van der Waals surface area contributed by atoms with E-state index in [1.807, 2.05) is 23.1 Å². The molecule has 4 heterocycles. The van der Waals surface area contributed by atoms with Crippen molar-refractivity contribution in [1.82, 2.24) is 24.5 Å². The fourth-order valence-electron chi connectivity index (χ4n) is 4.83. The highest BCUT2D eigenvalue weighted by atomic mass is 19.1. The Kier molecular flexibility index (Phi) is 5.80. The molecule has 0 bridgehead atoms. The van der Waals surface area contributed by atoms with Crippen LogP contribution in [-0.4, -0.2) is 50.7 Å². The number of halogens is 2. The first-order valence-electron chi connectivity index (χ1n) is 12.1. The maximum Gasteiger partial charge on any atom is 0.223 e. The lowest BCUT2D eigenvalue weighted by molar-refractivity contribution is 0.198. The molecule has 188 valence electrons. The van der Waals surface area contributed by atoms with Crippen LogP contribution in [0.2, 0.25) is 0 Å². The number of rotatable bonds is 5. The molecule has 0 amide bonds. The summed E-state index contributed by atoms with van der Waals surface area (Å²) in [5, 5.41) is 4.41. The van der Waals surface area contributed by atoms with Gasteiger partial charge in [-0.1, -0.05) is 18.2 Å². The Balaban J connectivity index is 1.21. The Hall–Kier alpha value is -4.31. The molecule has 0 radical (unpaired) electrons. The van der Waals surface area contributed by atoms with Crippen molar-refractivity contribution in [2.45, 2.75) is 13.0 Å². The number of fused-ring (bicyclic) bond motifs is 1. The van der Waals surface area contributed by atoms with E-state index in [9.17, 15) is 8.78 Å². The summed E-state index contributed by atoms with van der Waals surface area (Å²) in [4.78, 5) is 13.4. The lowest BCUT2D eigenvalue weighted by atomic mass is 10.0. The number of anilines is 2. The Bertz CT molecular complexity index is 1560. The molecule has 1 aliphatic rings. The third-order valence-corrected chi connectivity index (χ3v) is 6.87. The minimum Gasteiger partial charge on any atom is -0.461 e. The van der Waals surface area contributed by atoms with Gasteiger partial charge in [-0.2, -0.15) is 4.52 Å². The molecule has 1 aliphatic heterocycles. The van der Waals surface area contributed by atoms with Crippen molar-refractivity contribution in [1.29, 1.82) is 0 Å². The molecule has 10 heteroatoms.